The van der Waals surface area contributed by atoms with Gasteiger partial charge in [-0.15, -0.1) is 0 Å². The highest BCUT2D eigenvalue weighted by atomic mass is 32.2. The van der Waals surface area contributed by atoms with Gasteiger partial charge in [0.1, 0.15) is 5.75 Å². The van der Waals surface area contributed by atoms with E-state index in [-0.39, 0.29) is 13.6 Å². The van der Waals surface area contributed by atoms with Gasteiger partial charge in [-0.25, -0.2) is 0 Å². The van der Waals surface area contributed by atoms with Gasteiger partial charge in [0.25, 0.3) is 0 Å². The highest BCUT2D eigenvalue weighted by Gasteiger charge is 2.20. The molecule has 0 unspecified atom stereocenters. The zero-order valence-electron chi connectivity index (χ0n) is 14.7. The van der Waals surface area contributed by atoms with E-state index in [9.17, 15) is 0 Å². The summed E-state index contributed by atoms with van der Waals surface area (Å²) in [5.74, 6) is 4.25. The maximum absolute atomic E-state index is 5.92. The number of hydrogen-bond donors (Lipinski definition) is 0. The van der Waals surface area contributed by atoms with Gasteiger partial charge in [-0.1, -0.05) is 17.8 Å². The van der Waals surface area contributed by atoms with Crippen LogP contribution < -0.4 is 28.4 Å². The average molecular weight is 398 g/mol. The van der Waals surface area contributed by atoms with Gasteiger partial charge >= 0.3 is 0 Å². The zero-order valence-corrected chi connectivity index (χ0v) is 15.5. The number of aromatic nitrogens is 2. The molecular weight excluding hydrogens is 384 g/mol. The lowest BCUT2D eigenvalue weighted by atomic mass is 10.3. The fraction of sp³-hybridized carbons (Fsp3) is 0.158. The molecule has 3 aromatic rings. The second kappa shape index (κ2) is 7.01. The van der Waals surface area contributed by atoms with Crippen molar-refractivity contribution in [3.05, 3.63) is 42.5 Å². The Morgan fingerprint density at radius 2 is 1.61 bits per heavy atom. The Bertz CT molecular complexity index is 1040. The Morgan fingerprint density at radius 1 is 0.821 bits per heavy atom. The number of para-hydroxylation sites is 1. The third-order valence-electron chi connectivity index (χ3n) is 3.98. The molecule has 3 heterocycles. The molecule has 0 radical (unpaired) electrons. The van der Waals surface area contributed by atoms with Crippen LogP contribution in [0.4, 0.5) is 0 Å². The van der Waals surface area contributed by atoms with E-state index in [1.54, 1.807) is 30.3 Å². The number of hydrogen-bond acceptors (Lipinski definition) is 9. The fourth-order valence-corrected chi connectivity index (χ4v) is 3.10. The highest BCUT2D eigenvalue weighted by Crippen LogP contribution is 2.43. The number of fused-ring (bicyclic) bond motifs is 2. The maximum Gasteiger partial charge on any atom is 0.231 e. The summed E-state index contributed by atoms with van der Waals surface area (Å²) < 4.78 is 33.3. The van der Waals surface area contributed by atoms with Gasteiger partial charge in [0.05, 0.1) is 6.07 Å². The van der Waals surface area contributed by atoms with Crippen molar-refractivity contribution < 1.29 is 28.4 Å². The van der Waals surface area contributed by atoms with Crippen LogP contribution in [0.15, 0.2) is 47.6 Å². The highest BCUT2D eigenvalue weighted by molar-refractivity contribution is 7.98. The quantitative estimate of drug-likeness (QED) is 0.463. The van der Waals surface area contributed by atoms with E-state index < -0.39 is 0 Å². The minimum atomic E-state index is 0.161. The van der Waals surface area contributed by atoms with Crippen molar-refractivity contribution in [1.82, 2.24) is 9.97 Å². The monoisotopic (exact) mass is 398 g/mol. The number of benzene rings is 2. The van der Waals surface area contributed by atoms with E-state index in [0.717, 1.165) is 0 Å². The van der Waals surface area contributed by atoms with Crippen molar-refractivity contribution >= 4 is 11.8 Å². The topological polar surface area (TPSA) is 81.2 Å². The largest absolute Gasteiger partial charge is 0.454 e. The zero-order chi connectivity index (χ0) is 18.9. The Balaban J connectivity index is 1.43. The first-order valence-electron chi connectivity index (χ1n) is 8.35. The summed E-state index contributed by atoms with van der Waals surface area (Å²) >= 11 is 1.38. The molecule has 8 nitrogen and oxygen atoms in total. The summed E-state index contributed by atoms with van der Waals surface area (Å²) in [4.78, 5) is 8.76. The molecule has 5 rings (SSSR count). The van der Waals surface area contributed by atoms with Gasteiger partial charge < -0.3 is 28.4 Å². The summed E-state index contributed by atoms with van der Waals surface area (Å²) in [7, 11) is 0. The van der Waals surface area contributed by atoms with Crippen LogP contribution in [-0.4, -0.2) is 29.8 Å². The summed E-state index contributed by atoms with van der Waals surface area (Å²) in [6.07, 6.45) is 1.88. The Kier molecular flexibility index (Phi) is 4.21. The number of nitrogens with zero attached hydrogens (tertiary/aromatic N) is 2. The maximum atomic E-state index is 5.92. The molecule has 0 amide bonds. The van der Waals surface area contributed by atoms with E-state index in [4.69, 9.17) is 28.4 Å². The first kappa shape index (κ1) is 16.8. The molecule has 2 aliphatic rings. The Morgan fingerprint density at radius 3 is 2.50 bits per heavy atom. The first-order chi connectivity index (χ1) is 13.8. The number of ether oxygens (including phenoxy) is 6. The van der Waals surface area contributed by atoms with E-state index in [0.29, 0.717) is 51.4 Å². The first-order valence-corrected chi connectivity index (χ1v) is 9.58. The molecule has 0 fully saturated rings. The molecule has 2 aromatic carbocycles. The SMILES string of the molecule is CSc1nc(Oc2ccc3c(c2)OCO3)cc(Oc2cccc3c2OCO3)n1. The van der Waals surface area contributed by atoms with Gasteiger partial charge in [0, 0.05) is 6.07 Å². The molecular formula is C19H14N2O6S. The summed E-state index contributed by atoms with van der Waals surface area (Å²) in [5.41, 5.74) is 0. The van der Waals surface area contributed by atoms with Crippen molar-refractivity contribution in [3.8, 4) is 46.3 Å². The molecule has 2 aliphatic heterocycles. The van der Waals surface area contributed by atoms with Crippen LogP contribution in [0.25, 0.3) is 0 Å². The molecule has 142 valence electrons. The van der Waals surface area contributed by atoms with Gasteiger partial charge in [-0.3, -0.25) is 0 Å². The van der Waals surface area contributed by atoms with E-state index in [1.807, 2.05) is 18.4 Å². The van der Waals surface area contributed by atoms with Crippen LogP contribution in [0.2, 0.25) is 0 Å². The second-order valence-corrected chi connectivity index (χ2v) is 6.51. The van der Waals surface area contributed by atoms with Crippen molar-refractivity contribution in [2.24, 2.45) is 0 Å². The average Bonchev–Trinajstić information content (AvgIpc) is 3.37. The second-order valence-electron chi connectivity index (χ2n) is 5.74. The van der Waals surface area contributed by atoms with E-state index in [1.165, 1.54) is 11.8 Å². The van der Waals surface area contributed by atoms with Crippen molar-refractivity contribution in [2.75, 3.05) is 19.8 Å². The molecule has 28 heavy (non-hydrogen) atoms. The van der Waals surface area contributed by atoms with Gasteiger partial charge in [-0.05, 0) is 30.5 Å². The number of rotatable bonds is 5. The molecule has 0 spiro atoms. The van der Waals surface area contributed by atoms with Gasteiger partial charge in [-0.2, -0.15) is 9.97 Å². The van der Waals surface area contributed by atoms with Crippen molar-refractivity contribution in [1.29, 1.82) is 0 Å². The third kappa shape index (κ3) is 3.20. The molecule has 0 bridgehead atoms. The van der Waals surface area contributed by atoms with Crippen LogP contribution in [0, 0.1) is 0 Å². The third-order valence-corrected chi connectivity index (χ3v) is 4.53. The van der Waals surface area contributed by atoms with Crippen LogP contribution in [0.5, 0.6) is 46.3 Å². The van der Waals surface area contributed by atoms with Crippen LogP contribution in [0.1, 0.15) is 0 Å². The fourth-order valence-electron chi connectivity index (χ4n) is 2.74. The van der Waals surface area contributed by atoms with Crippen LogP contribution in [-0.2, 0) is 0 Å². The van der Waals surface area contributed by atoms with E-state index >= 15 is 0 Å². The molecule has 0 atom stereocenters. The molecule has 0 aliphatic carbocycles. The minimum absolute atomic E-state index is 0.161. The summed E-state index contributed by atoms with van der Waals surface area (Å²) in [6.45, 7) is 0.363. The summed E-state index contributed by atoms with van der Waals surface area (Å²) in [5, 5.41) is 0.512. The lowest BCUT2D eigenvalue weighted by Gasteiger charge is -2.11. The molecule has 0 saturated carbocycles. The summed E-state index contributed by atoms with van der Waals surface area (Å²) in [6, 6.07) is 12.4. The lowest BCUT2D eigenvalue weighted by molar-refractivity contribution is 0.171. The minimum Gasteiger partial charge on any atom is -0.454 e. The van der Waals surface area contributed by atoms with Crippen molar-refractivity contribution in [3.63, 3.8) is 0 Å². The Hall–Kier alpha value is -3.33. The molecule has 9 heteroatoms. The van der Waals surface area contributed by atoms with Crippen LogP contribution >= 0.6 is 11.8 Å². The standard InChI is InChI=1S/C19H14N2O6S/c1-28-19-20-16(26-11-5-6-12-15(7-11)24-9-22-12)8-17(21-19)27-14-4-2-3-13-18(14)25-10-23-13/h2-8H,9-10H2,1H3. The number of thioether (sulfide) groups is 1. The predicted octanol–water partition coefficient (Wildman–Crippen LogP) is 4.24. The Labute approximate surface area is 164 Å². The van der Waals surface area contributed by atoms with Crippen LogP contribution in [0.3, 0.4) is 0 Å². The van der Waals surface area contributed by atoms with Gasteiger partial charge in [0.2, 0.25) is 31.1 Å². The molecule has 1 aromatic heterocycles. The lowest BCUT2D eigenvalue weighted by Crippen LogP contribution is -1.97. The normalized spacial score (nSPS) is 13.5. The molecule has 0 saturated heterocycles. The molecule has 0 N–H and O–H groups in total. The predicted molar refractivity (Wildman–Crippen MR) is 99.1 cm³/mol. The smallest absolute Gasteiger partial charge is 0.231 e. The van der Waals surface area contributed by atoms with E-state index in [2.05, 4.69) is 9.97 Å². The van der Waals surface area contributed by atoms with Crippen molar-refractivity contribution in [2.45, 2.75) is 5.16 Å². The van der Waals surface area contributed by atoms with Gasteiger partial charge in [0.15, 0.2) is 28.2 Å².